The summed E-state index contributed by atoms with van der Waals surface area (Å²) in [6, 6.07) is 4.30. The van der Waals surface area contributed by atoms with E-state index < -0.39 is 4.92 Å². The van der Waals surface area contributed by atoms with Crippen LogP contribution in [0.25, 0.3) is 0 Å². The first-order chi connectivity index (χ1) is 9.47. The molecule has 0 bridgehead atoms. The Hall–Kier alpha value is -2.31. The van der Waals surface area contributed by atoms with Gasteiger partial charge in [0.2, 0.25) is 5.91 Å². The summed E-state index contributed by atoms with van der Waals surface area (Å²) in [4.78, 5) is 23.7. The Balaban J connectivity index is 2.58. The second kappa shape index (κ2) is 7.32. The van der Waals surface area contributed by atoms with E-state index in [1.165, 1.54) is 12.1 Å². The number of carbonyl (C=O) groups is 1. The van der Waals surface area contributed by atoms with Gasteiger partial charge in [0.1, 0.15) is 0 Å². The molecule has 0 heterocycles. The summed E-state index contributed by atoms with van der Waals surface area (Å²) < 4.78 is 0. The number of rotatable bonds is 7. The SMILES string of the molecule is CCN(CC)C(=O)CCNc1cc(N)cc([N+](=O)[O-])c1. The molecule has 110 valence electrons. The normalized spacial score (nSPS) is 10.1. The van der Waals surface area contributed by atoms with E-state index in [2.05, 4.69) is 5.32 Å². The minimum atomic E-state index is -0.497. The zero-order valence-corrected chi connectivity index (χ0v) is 11.8. The molecule has 0 aliphatic heterocycles. The van der Waals surface area contributed by atoms with Gasteiger partial charge in [0.15, 0.2) is 0 Å². The van der Waals surface area contributed by atoms with Gasteiger partial charge in [0.05, 0.1) is 4.92 Å². The number of benzene rings is 1. The summed E-state index contributed by atoms with van der Waals surface area (Å²) in [5.74, 6) is 0.0564. The number of hydrogen-bond acceptors (Lipinski definition) is 5. The minimum absolute atomic E-state index is 0.0564. The number of carbonyl (C=O) groups excluding carboxylic acids is 1. The van der Waals surface area contributed by atoms with E-state index in [9.17, 15) is 14.9 Å². The molecule has 0 radical (unpaired) electrons. The quantitative estimate of drug-likeness (QED) is 0.451. The monoisotopic (exact) mass is 280 g/mol. The van der Waals surface area contributed by atoms with Crippen molar-refractivity contribution in [2.75, 3.05) is 30.7 Å². The van der Waals surface area contributed by atoms with Crippen molar-refractivity contribution >= 4 is 23.0 Å². The van der Waals surface area contributed by atoms with Gasteiger partial charge in [0, 0.05) is 49.6 Å². The molecule has 7 heteroatoms. The van der Waals surface area contributed by atoms with Crippen molar-refractivity contribution in [3.05, 3.63) is 28.3 Å². The number of anilines is 2. The number of nitro benzene ring substituents is 1. The van der Waals surface area contributed by atoms with Gasteiger partial charge in [-0.3, -0.25) is 14.9 Å². The molecule has 0 atom stereocenters. The summed E-state index contributed by atoms with van der Waals surface area (Å²) in [7, 11) is 0. The van der Waals surface area contributed by atoms with Crippen LogP contribution in [0.15, 0.2) is 18.2 Å². The van der Waals surface area contributed by atoms with Crippen molar-refractivity contribution in [2.45, 2.75) is 20.3 Å². The van der Waals surface area contributed by atoms with Crippen molar-refractivity contribution in [1.29, 1.82) is 0 Å². The number of nitro groups is 1. The van der Waals surface area contributed by atoms with Crippen LogP contribution in [0.4, 0.5) is 17.1 Å². The van der Waals surface area contributed by atoms with E-state index in [1.807, 2.05) is 13.8 Å². The lowest BCUT2D eigenvalue weighted by molar-refractivity contribution is -0.384. The summed E-state index contributed by atoms with van der Waals surface area (Å²) in [5.41, 5.74) is 6.40. The largest absolute Gasteiger partial charge is 0.398 e. The van der Waals surface area contributed by atoms with Gasteiger partial charge in [-0.25, -0.2) is 0 Å². The molecule has 0 saturated heterocycles. The zero-order chi connectivity index (χ0) is 15.1. The number of hydrogen-bond donors (Lipinski definition) is 2. The van der Waals surface area contributed by atoms with E-state index in [0.717, 1.165) is 0 Å². The Morgan fingerprint density at radius 1 is 1.35 bits per heavy atom. The predicted molar refractivity (Wildman–Crippen MR) is 78.5 cm³/mol. The van der Waals surface area contributed by atoms with Gasteiger partial charge >= 0.3 is 0 Å². The lowest BCUT2D eigenvalue weighted by Gasteiger charge is -2.18. The predicted octanol–water partition coefficient (Wildman–Crippen LogP) is 1.85. The van der Waals surface area contributed by atoms with E-state index in [0.29, 0.717) is 37.4 Å². The number of nitrogen functional groups attached to an aromatic ring is 1. The average Bonchev–Trinajstić information content (AvgIpc) is 2.39. The van der Waals surface area contributed by atoms with Crippen LogP contribution in [-0.2, 0) is 4.79 Å². The highest BCUT2D eigenvalue weighted by atomic mass is 16.6. The summed E-state index contributed by atoms with van der Waals surface area (Å²) in [6.07, 6.45) is 0.338. The number of nitrogens with two attached hydrogens (primary N) is 1. The highest BCUT2D eigenvalue weighted by Crippen LogP contribution is 2.22. The molecular formula is C13H20N4O3. The number of nitrogens with one attached hydrogen (secondary N) is 1. The van der Waals surface area contributed by atoms with Gasteiger partial charge in [-0.05, 0) is 19.9 Å². The minimum Gasteiger partial charge on any atom is -0.398 e. The highest BCUT2D eigenvalue weighted by Gasteiger charge is 2.10. The number of amides is 1. The molecule has 0 aliphatic carbocycles. The third-order valence-corrected chi connectivity index (χ3v) is 2.94. The number of nitrogens with zero attached hydrogens (tertiary/aromatic N) is 2. The Morgan fingerprint density at radius 3 is 2.55 bits per heavy atom. The fourth-order valence-electron chi connectivity index (χ4n) is 1.89. The third kappa shape index (κ3) is 4.42. The topological polar surface area (TPSA) is 102 Å². The molecule has 0 spiro atoms. The molecule has 0 saturated carbocycles. The van der Waals surface area contributed by atoms with Crippen molar-refractivity contribution in [3.8, 4) is 0 Å². The Morgan fingerprint density at radius 2 is 2.00 bits per heavy atom. The zero-order valence-electron chi connectivity index (χ0n) is 11.8. The summed E-state index contributed by atoms with van der Waals surface area (Å²) >= 11 is 0. The molecule has 0 aromatic heterocycles. The fraction of sp³-hybridized carbons (Fsp3) is 0.462. The molecule has 1 amide bonds. The molecule has 0 fully saturated rings. The van der Waals surface area contributed by atoms with Crippen molar-refractivity contribution in [3.63, 3.8) is 0 Å². The maximum absolute atomic E-state index is 11.8. The van der Waals surface area contributed by atoms with Crippen LogP contribution in [0, 0.1) is 10.1 Å². The average molecular weight is 280 g/mol. The standard InChI is InChI=1S/C13H20N4O3/c1-3-16(4-2)13(18)5-6-15-11-7-10(14)8-12(9-11)17(19)20/h7-9,15H,3-6,14H2,1-2H3. The first kappa shape index (κ1) is 15.7. The van der Waals surface area contributed by atoms with Crippen LogP contribution in [0.5, 0.6) is 0 Å². The van der Waals surface area contributed by atoms with Crippen LogP contribution in [0.3, 0.4) is 0 Å². The van der Waals surface area contributed by atoms with Crippen LogP contribution >= 0.6 is 0 Å². The van der Waals surface area contributed by atoms with Gasteiger partial charge in [-0.1, -0.05) is 0 Å². The van der Waals surface area contributed by atoms with E-state index in [4.69, 9.17) is 5.73 Å². The molecule has 1 aromatic carbocycles. The lowest BCUT2D eigenvalue weighted by atomic mass is 10.2. The molecule has 1 rings (SSSR count). The number of non-ortho nitro benzene ring substituents is 1. The van der Waals surface area contributed by atoms with Crippen LogP contribution in [0.2, 0.25) is 0 Å². The lowest BCUT2D eigenvalue weighted by Crippen LogP contribution is -2.31. The Bertz CT molecular complexity index is 487. The van der Waals surface area contributed by atoms with E-state index in [1.54, 1.807) is 11.0 Å². The third-order valence-electron chi connectivity index (χ3n) is 2.94. The van der Waals surface area contributed by atoms with E-state index in [-0.39, 0.29) is 11.6 Å². The van der Waals surface area contributed by atoms with Crippen molar-refractivity contribution in [2.24, 2.45) is 0 Å². The van der Waals surface area contributed by atoms with Gasteiger partial charge in [-0.15, -0.1) is 0 Å². The molecule has 7 nitrogen and oxygen atoms in total. The smallest absolute Gasteiger partial charge is 0.273 e. The van der Waals surface area contributed by atoms with Gasteiger partial charge in [-0.2, -0.15) is 0 Å². The highest BCUT2D eigenvalue weighted by molar-refractivity contribution is 5.76. The van der Waals surface area contributed by atoms with Gasteiger partial charge < -0.3 is 16.0 Å². The van der Waals surface area contributed by atoms with Crippen LogP contribution in [0.1, 0.15) is 20.3 Å². The molecule has 20 heavy (non-hydrogen) atoms. The Kier molecular flexibility index (Phi) is 5.76. The summed E-state index contributed by atoms with van der Waals surface area (Å²) in [5, 5.41) is 13.7. The first-order valence-corrected chi connectivity index (χ1v) is 6.54. The van der Waals surface area contributed by atoms with E-state index >= 15 is 0 Å². The molecular weight excluding hydrogens is 260 g/mol. The first-order valence-electron chi connectivity index (χ1n) is 6.54. The van der Waals surface area contributed by atoms with Crippen molar-refractivity contribution in [1.82, 2.24) is 4.90 Å². The van der Waals surface area contributed by atoms with Crippen molar-refractivity contribution < 1.29 is 9.72 Å². The van der Waals surface area contributed by atoms with Gasteiger partial charge in [0.25, 0.3) is 5.69 Å². The van der Waals surface area contributed by atoms with Crippen LogP contribution in [-0.4, -0.2) is 35.4 Å². The Labute approximate surface area is 117 Å². The maximum Gasteiger partial charge on any atom is 0.273 e. The second-order valence-electron chi connectivity index (χ2n) is 4.31. The maximum atomic E-state index is 11.8. The summed E-state index contributed by atoms with van der Waals surface area (Å²) in [6.45, 7) is 5.63. The van der Waals surface area contributed by atoms with Crippen LogP contribution < -0.4 is 11.1 Å². The fourth-order valence-corrected chi connectivity index (χ4v) is 1.89. The molecule has 1 aromatic rings. The molecule has 0 unspecified atom stereocenters. The molecule has 3 N–H and O–H groups in total. The molecule has 0 aliphatic rings. The second-order valence-corrected chi connectivity index (χ2v) is 4.31.